The summed E-state index contributed by atoms with van der Waals surface area (Å²) in [6.45, 7) is 1.48. The Bertz CT molecular complexity index is 1390. The second-order valence-electron chi connectivity index (χ2n) is 9.12. The highest BCUT2D eigenvalue weighted by molar-refractivity contribution is 8.22. The number of fused-ring (bicyclic) bond motifs is 1. The highest BCUT2D eigenvalue weighted by Gasteiger charge is 2.38. The van der Waals surface area contributed by atoms with Crippen LogP contribution in [0.3, 0.4) is 0 Å². The van der Waals surface area contributed by atoms with Gasteiger partial charge in [0.1, 0.15) is 11.9 Å². The zero-order valence-electron chi connectivity index (χ0n) is 19.8. The molecule has 2 aliphatic rings. The van der Waals surface area contributed by atoms with Crippen LogP contribution < -0.4 is 4.74 Å². The molecule has 3 aromatic rings. The van der Waals surface area contributed by atoms with E-state index >= 15 is 0 Å². The smallest absolute Gasteiger partial charge is 0.407 e. The molecule has 0 spiro atoms. The number of ether oxygens (including phenoxy) is 1. The SMILES string of the molecule is Cc1cc(Cl)cc(-c2ccnc3cc(CN4C(=O)CCCS4(O)O)sc23)c1O[C@@H]1CN(C(=O)O)C[C@@H]1F. The predicted molar refractivity (Wildman–Crippen MR) is 141 cm³/mol. The third-order valence-electron chi connectivity index (χ3n) is 6.47. The van der Waals surface area contributed by atoms with Crippen molar-refractivity contribution in [3.63, 3.8) is 0 Å². The minimum absolute atomic E-state index is 0.0518. The Morgan fingerprint density at radius 1 is 1.30 bits per heavy atom. The second kappa shape index (κ2) is 9.91. The van der Waals surface area contributed by atoms with Gasteiger partial charge in [-0.3, -0.25) is 18.9 Å². The molecule has 0 aliphatic carbocycles. The number of benzene rings is 1. The molecule has 2 atom stereocenters. The normalized spacial score (nSPS) is 22.5. The number of aromatic nitrogens is 1. The van der Waals surface area contributed by atoms with Crippen molar-refractivity contribution in [3.8, 4) is 16.9 Å². The number of alkyl halides is 1. The van der Waals surface area contributed by atoms with Crippen LogP contribution in [-0.2, 0) is 11.3 Å². The van der Waals surface area contributed by atoms with E-state index < -0.39 is 29.1 Å². The van der Waals surface area contributed by atoms with Gasteiger partial charge < -0.3 is 14.7 Å². The van der Waals surface area contributed by atoms with Crippen LogP contribution in [0, 0.1) is 6.92 Å². The third-order valence-corrected chi connectivity index (χ3v) is 9.71. The van der Waals surface area contributed by atoms with E-state index in [2.05, 4.69) is 4.98 Å². The first-order chi connectivity index (χ1) is 17.5. The molecule has 2 aliphatic heterocycles. The van der Waals surface area contributed by atoms with E-state index in [0.717, 1.165) is 24.3 Å². The number of nitrogens with zero attached hydrogens (tertiary/aromatic N) is 3. The first-order valence-electron chi connectivity index (χ1n) is 11.6. The van der Waals surface area contributed by atoms with Crippen LogP contribution in [0.1, 0.15) is 23.3 Å². The van der Waals surface area contributed by atoms with Gasteiger partial charge in [0.25, 0.3) is 0 Å². The maximum atomic E-state index is 14.7. The molecular weight excluding hydrogens is 545 g/mol. The molecule has 0 unspecified atom stereocenters. The summed E-state index contributed by atoms with van der Waals surface area (Å²) in [5.41, 5.74) is 2.63. The molecule has 13 heteroatoms. The highest BCUT2D eigenvalue weighted by atomic mass is 35.5. The first-order valence-corrected chi connectivity index (χ1v) is 14.4. The Morgan fingerprint density at radius 2 is 2.08 bits per heavy atom. The Morgan fingerprint density at radius 3 is 2.78 bits per heavy atom. The van der Waals surface area contributed by atoms with E-state index in [-0.39, 0.29) is 37.7 Å². The van der Waals surface area contributed by atoms with E-state index in [1.54, 1.807) is 37.4 Å². The van der Waals surface area contributed by atoms with Crippen molar-refractivity contribution in [2.45, 2.75) is 38.6 Å². The summed E-state index contributed by atoms with van der Waals surface area (Å²) < 4.78 is 43.5. The zero-order valence-corrected chi connectivity index (χ0v) is 22.2. The molecule has 9 nitrogen and oxygen atoms in total. The number of amides is 2. The summed E-state index contributed by atoms with van der Waals surface area (Å²) in [6, 6.07) is 6.99. The fourth-order valence-electron chi connectivity index (χ4n) is 4.66. The molecule has 37 heavy (non-hydrogen) atoms. The Labute approximate surface area is 222 Å². The number of aryl methyl sites for hydroxylation is 1. The average molecular weight is 570 g/mol. The predicted octanol–water partition coefficient (Wildman–Crippen LogP) is 5.79. The van der Waals surface area contributed by atoms with Crippen molar-refractivity contribution < 1.29 is 32.9 Å². The van der Waals surface area contributed by atoms with Crippen molar-refractivity contribution in [3.05, 3.63) is 45.9 Å². The van der Waals surface area contributed by atoms with E-state index in [1.165, 1.54) is 11.3 Å². The van der Waals surface area contributed by atoms with Gasteiger partial charge in [0.2, 0.25) is 5.91 Å². The molecule has 198 valence electrons. The van der Waals surface area contributed by atoms with Crippen molar-refractivity contribution in [1.82, 2.24) is 14.2 Å². The lowest BCUT2D eigenvalue weighted by Crippen LogP contribution is -2.38. The summed E-state index contributed by atoms with van der Waals surface area (Å²) in [4.78, 5) is 29.9. The van der Waals surface area contributed by atoms with Crippen LogP contribution in [-0.4, -0.2) is 71.5 Å². The van der Waals surface area contributed by atoms with Gasteiger partial charge in [-0.25, -0.2) is 13.5 Å². The van der Waals surface area contributed by atoms with E-state index in [0.29, 0.717) is 33.8 Å². The number of pyridine rings is 1. The van der Waals surface area contributed by atoms with Gasteiger partial charge in [0.05, 0.1) is 35.6 Å². The van der Waals surface area contributed by atoms with Crippen LogP contribution in [0.5, 0.6) is 5.75 Å². The van der Waals surface area contributed by atoms with Crippen molar-refractivity contribution in [2.24, 2.45) is 0 Å². The monoisotopic (exact) mass is 569 g/mol. The van der Waals surface area contributed by atoms with Crippen LogP contribution in [0.15, 0.2) is 30.5 Å². The molecule has 0 saturated carbocycles. The summed E-state index contributed by atoms with van der Waals surface area (Å²) in [5, 5.41) is 9.70. The van der Waals surface area contributed by atoms with E-state index in [4.69, 9.17) is 16.3 Å². The number of likely N-dealkylation sites (tertiary alicyclic amines) is 1. The van der Waals surface area contributed by atoms with Crippen LogP contribution in [0.4, 0.5) is 9.18 Å². The van der Waals surface area contributed by atoms with Crippen molar-refractivity contribution >= 4 is 55.9 Å². The quantitative estimate of drug-likeness (QED) is 0.355. The third kappa shape index (κ3) is 5.08. The number of carbonyl (C=O) groups excluding carboxylic acids is 1. The number of rotatable bonds is 5. The standard InChI is InChI=1S/C24H25ClFN3O6S2/c1-13-7-14(25)8-17(22(13)35-20-12-28(24(31)32)11-18(20)26)16-4-5-27-19-9-15(36-23(16)19)10-29-21(30)3-2-6-37(29,33)34/h4-5,7-9,18,20,33-34H,2-3,6,10-12H2,1H3,(H,31,32)/t18-,20+/m0/s1. The van der Waals surface area contributed by atoms with E-state index in [9.17, 15) is 28.2 Å². The molecular formula is C24H25ClFN3O6S2. The molecule has 0 bridgehead atoms. The first kappa shape index (κ1) is 26.0. The summed E-state index contributed by atoms with van der Waals surface area (Å²) in [7, 11) is -3.17. The number of hydrogen-bond donors (Lipinski definition) is 3. The van der Waals surface area contributed by atoms with Gasteiger partial charge >= 0.3 is 6.09 Å². The largest absolute Gasteiger partial charge is 0.485 e. The molecule has 4 heterocycles. The minimum Gasteiger partial charge on any atom is -0.485 e. The molecule has 5 rings (SSSR count). The van der Waals surface area contributed by atoms with Crippen LogP contribution in [0.25, 0.3) is 21.3 Å². The van der Waals surface area contributed by atoms with E-state index in [1.807, 2.05) is 0 Å². The number of hydrogen-bond acceptors (Lipinski definition) is 7. The second-order valence-corrected chi connectivity index (χ2v) is 12.8. The van der Waals surface area contributed by atoms with Crippen molar-refractivity contribution in [2.75, 3.05) is 18.8 Å². The lowest BCUT2D eigenvalue weighted by atomic mass is 10.0. The van der Waals surface area contributed by atoms with Gasteiger partial charge in [0.15, 0.2) is 6.17 Å². The molecule has 2 fully saturated rings. The number of thiophene rings is 1. The Balaban J connectivity index is 1.52. The summed E-state index contributed by atoms with van der Waals surface area (Å²) in [6.07, 6.45) is -1.32. The lowest BCUT2D eigenvalue weighted by Gasteiger charge is -2.45. The summed E-state index contributed by atoms with van der Waals surface area (Å²) >= 11 is 7.75. The number of carboxylic acid groups (broad SMARTS) is 1. The van der Waals surface area contributed by atoms with Crippen LogP contribution in [0.2, 0.25) is 5.02 Å². The van der Waals surface area contributed by atoms with Gasteiger partial charge in [-0.1, -0.05) is 11.6 Å². The molecule has 0 radical (unpaired) electrons. The van der Waals surface area contributed by atoms with Gasteiger partial charge in [0, 0.05) is 33.6 Å². The maximum absolute atomic E-state index is 14.7. The van der Waals surface area contributed by atoms with Gasteiger partial charge in [-0.2, -0.15) is 0 Å². The summed E-state index contributed by atoms with van der Waals surface area (Å²) in [5.74, 6) is 0.254. The molecule has 2 amide bonds. The molecule has 3 N–H and O–H groups in total. The molecule has 2 aromatic heterocycles. The Kier molecular flexibility index (Phi) is 6.96. The fourth-order valence-corrected chi connectivity index (χ4v) is 7.67. The zero-order chi connectivity index (χ0) is 26.5. The number of carbonyl (C=O) groups is 2. The topological polar surface area (TPSA) is 123 Å². The average Bonchev–Trinajstić information content (AvgIpc) is 3.40. The molecule has 1 aromatic carbocycles. The maximum Gasteiger partial charge on any atom is 0.407 e. The van der Waals surface area contributed by atoms with Crippen molar-refractivity contribution in [1.29, 1.82) is 0 Å². The fraction of sp³-hybridized carbons (Fsp3) is 0.375. The molecule has 2 saturated heterocycles. The van der Waals surface area contributed by atoms with Gasteiger partial charge in [-0.05, 0) is 43.2 Å². The van der Waals surface area contributed by atoms with Gasteiger partial charge in [-0.15, -0.1) is 22.1 Å². The lowest BCUT2D eigenvalue weighted by molar-refractivity contribution is -0.127. The number of halogens is 2. The minimum atomic E-state index is -3.17. The Hall–Kier alpha value is -2.64. The highest BCUT2D eigenvalue weighted by Crippen LogP contribution is 2.49. The van der Waals surface area contributed by atoms with Crippen LogP contribution >= 0.6 is 33.7 Å².